The van der Waals surface area contributed by atoms with Crippen LogP contribution in [0.5, 0.6) is 0 Å². The van der Waals surface area contributed by atoms with Gasteiger partial charge in [0.1, 0.15) is 5.25 Å². The zero-order chi connectivity index (χ0) is 20.2. The number of hydrogen-bond donors (Lipinski definition) is 2. The number of nitrogens with zero attached hydrogens (tertiary/aromatic N) is 3. The van der Waals surface area contributed by atoms with E-state index in [4.69, 9.17) is 0 Å². The summed E-state index contributed by atoms with van der Waals surface area (Å²) in [6.45, 7) is 4.87. The normalized spacial score (nSPS) is 18.0. The molecule has 1 aromatic heterocycles. The minimum Gasteiger partial charge on any atom is -0.355 e. The van der Waals surface area contributed by atoms with E-state index >= 15 is 0 Å². The Morgan fingerprint density at radius 2 is 1.90 bits per heavy atom. The molecule has 0 fully saturated rings. The highest BCUT2D eigenvalue weighted by Crippen LogP contribution is 2.38. The van der Waals surface area contributed by atoms with Crippen molar-refractivity contribution in [3.8, 4) is 11.4 Å². The first-order valence-electron chi connectivity index (χ1n) is 9.95. The molecule has 0 aliphatic carbocycles. The van der Waals surface area contributed by atoms with Crippen LogP contribution in [0.4, 0.5) is 0 Å². The number of unbranched alkanes of at least 4 members (excludes halogenated alkanes) is 1. The van der Waals surface area contributed by atoms with E-state index in [0.717, 1.165) is 29.8 Å². The third-order valence-corrected chi connectivity index (χ3v) is 6.21. The minimum absolute atomic E-state index is 0.0250. The third-order valence-electron chi connectivity index (χ3n) is 4.99. The molecule has 29 heavy (non-hydrogen) atoms. The highest BCUT2D eigenvalue weighted by atomic mass is 32.2. The molecule has 0 bridgehead atoms. The lowest BCUT2D eigenvalue weighted by atomic mass is 10.0. The van der Waals surface area contributed by atoms with Gasteiger partial charge in [0.2, 0.25) is 11.1 Å². The molecule has 1 amide bonds. The van der Waals surface area contributed by atoms with Crippen LogP contribution in [-0.4, -0.2) is 32.6 Å². The second-order valence-corrected chi connectivity index (χ2v) is 8.32. The van der Waals surface area contributed by atoms with Crippen molar-refractivity contribution in [2.24, 2.45) is 0 Å². The number of aryl methyl sites for hydroxylation is 1. The minimum atomic E-state index is -0.324. The topological polar surface area (TPSA) is 71.8 Å². The Balaban J connectivity index is 1.68. The molecule has 6 nitrogen and oxygen atoms in total. The Kier molecular flexibility index (Phi) is 5.85. The predicted octanol–water partition coefficient (Wildman–Crippen LogP) is 3.93. The number of fused-ring (bicyclic) bond motifs is 1. The van der Waals surface area contributed by atoms with Gasteiger partial charge in [0.05, 0.1) is 6.04 Å². The number of amides is 1. The lowest BCUT2D eigenvalue weighted by molar-refractivity contribution is -0.120. The van der Waals surface area contributed by atoms with Gasteiger partial charge in [-0.25, -0.2) is 4.68 Å². The Labute approximate surface area is 175 Å². The van der Waals surface area contributed by atoms with Crippen molar-refractivity contribution in [2.45, 2.75) is 43.1 Å². The fourth-order valence-electron chi connectivity index (χ4n) is 3.34. The van der Waals surface area contributed by atoms with E-state index in [1.165, 1.54) is 17.3 Å². The summed E-state index contributed by atoms with van der Waals surface area (Å²) >= 11 is 1.46. The SMILES string of the molecule is CCCCNC(=O)[C@@H]1Sc2nnc(-c3ccccc3)n2N[C@@H]1c1ccc(C)cc1. The lowest BCUT2D eigenvalue weighted by Gasteiger charge is -2.33. The predicted molar refractivity (Wildman–Crippen MR) is 116 cm³/mol. The molecule has 0 unspecified atom stereocenters. The summed E-state index contributed by atoms with van der Waals surface area (Å²) in [5.74, 6) is 0.770. The molecule has 4 rings (SSSR count). The van der Waals surface area contributed by atoms with Crippen LogP contribution in [0.25, 0.3) is 11.4 Å². The molecule has 1 aliphatic heterocycles. The van der Waals surface area contributed by atoms with Gasteiger partial charge >= 0.3 is 0 Å². The van der Waals surface area contributed by atoms with E-state index in [0.29, 0.717) is 11.7 Å². The van der Waals surface area contributed by atoms with E-state index < -0.39 is 0 Å². The van der Waals surface area contributed by atoms with Gasteiger partial charge in [-0.15, -0.1) is 10.2 Å². The molecule has 2 aromatic carbocycles. The van der Waals surface area contributed by atoms with Crippen molar-refractivity contribution in [2.75, 3.05) is 12.0 Å². The van der Waals surface area contributed by atoms with Gasteiger partial charge in [0.25, 0.3) is 0 Å². The maximum atomic E-state index is 13.0. The summed E-state index contributed by atoms with van der Waals surface area (Å²) in [5, 5.41) is 12.2. The van der Waals surface area contributed by atoms with E-state index in [1.54, 1.807) is 0 Å². The number of carbonyl (C=O) groups is 1. The zero-order valence-corrected chi connectivity index (χ0v) is 17.4. The number of rotatable bonds is 6. The number of aromatic nitrogens is 3. The van der Waals surface area contributed by atoms with Gasteiger partial charge in [-0.2, -0.15) is 0 Å². The van der Waals surface area contributed by atoms with Crippen LogP contribution in [0.2, 0.25) is 0 Å². The van der Waals surface area contributed by atoms with Crippen LogP contribution >= 0.6 is 11.8 Å². The molecular weight excluding hydrogens is 382 g/mol. The van der Waals surface area contributed by atoms with Crippen LogP contribution < -0.4 is 10.7 Å². The largest absolute Gasteiger partial charge is 0.355 e. The Morgan fingerprint density at radius 1 is 1.14 bits per heavy atom. The number of carbonyl (C=O) groups excluding carboxylic acids is 1. The molecule has 0 spiro atoms. The molecule has 0 saturated heterocycles. The van der Waals surface area contributed by atoms with Crippen molar-refractivity contribution < 1.29 is 4.79 Å². The molecule has 2 N–H and O–H groups in total. The van der Waals surface area contributed by atoms with Crippen LogP contribution in [0.15, 0.2) is 59.8 Å². The van der Waals surface area contributed by atoms with Crippen molar-refractivity contribution in [3.05, 3.63) is 65.7 Å². The zero-order valence-electron chi connectivity index (χ0n) is 16.6. The van der Waals surface area contributed by atoms with Crippen molar-refractivity contribution in [1.82, 2.24) is 20.2 Å². The van der Waals surface area contributed by atoms with E-state index in [1.807, 2.05) is 35.0 Å². The summed E-state index contributed by atoms with van der Waals surface area (Å²) < 4.78 is 1.90. The molecule has 2 atom stereocenters. The fraction of sp³-hybridized carbons (Fsp3) is 0.318. The van der Waals surface area contributed by atoms with Gasteiger partial charge in [0, 0.05) is 12.1 Å². The summed E-state index contributed by atoms with van der Waals surface area (Å²) in [4.78, 5) is 13.0. The summed E-state index contributed by atoms with van der Waals surface area (Å²) in [6.07, 6.45) is 2.02. The first-order chi connectivity index (χ1) is 14.2. The quantitative estimate of drug-likeness (QED) is 0.606. The Bertz CT molecular complexity index is 971. The van der Waals surface area contributed by atoms with Gasteiger partial charge < -0.3 is 10.7 Å². The van der Waals surface area contributed by atoms with Gasteiger partial charge in [0.15, 0.2) is 5.82 Å². The molecule has 1 aliphatic rings. The maximum Gasteiger partial charge on any atom is 0.236 e. The molecule has 0 saturated carbocycles. The van der Waals surface area contributed by atoms with Crippen molar-refractivity contribution in [1.29, 1.82) is 0 Å². The second-order valence-electron chi connectivity index (χ2n) is 7.21. The number of nitrogens with one attached hydrogen (secondary N) is 2. The molecule has 2 heterocycles. The van der Waals surface area contributed by atoms with Crippen molar-refractivity contribution in [3.63, 3.8) is 0 Å². The van der Waals surface area contributed by atoms with Gasteiger partial charge in [-0.1, -0.05) is 85.3 Å². The summed E-state index contributed by atoms with van der Waals surface area (Å²) in [7, 11) is 0. The Morgan fingerprint density at radius 3 is 2.62 bits per heavy atom. The van der Waals surface area contributed by atoms with E-state index in [2.05, 4.69) is 59.1 Å². The average molecular weight is 408 g/mol. The summed E-state index contributed by atoms with van der Waals surface area (Å²) in [6, 6.07) is 18.1. The van der Waals surface area contributed by atoms with Crippen LogP contribution in [0.1, 0.15) is 36.9 Å². The molecule has 150 valence electrons. The van der Waals surface area contributed by atoms with E-state index in [-0.39, 0.29) is 17.2 Å². The van der Waals surface area contributed by atoms with Crippen LogP contribution in [-0.2, 0) is 4.79 Å². The van der Waals surface area contributed by atoms with E-state index in [9.17, 15) is 4.79 Å². The average Bonchev–Trinajstić information content (AvgIpc) is 3.17. The number of thioether (sulfide) groups is 1. The number of hydrogen-bond acceptors (Lipinski definition) is 5. The van der Waals surface area contributed by atoms with Gasteiger partial charge in [-0.3, -0.25) is 4.79 Å². The van der Waals surface area contributed by atoms with Gasteiger partial charge in [-0.05, 0) is 18.9 Å². The summed E-state index contributed by atoms with van der Waals surface area (Å²) in [5.41, 5.74) is 6.75. The van der Waals surface area contributed by atoms with Crippen LogP contribution in [0.3, 0.4) is 0 Å². The fourth-order valence-corrected chi connectivity index (χ4v) is 4.45. The third kappa shape index (κ3) is 4.15. The van der Waals surface area contributed by atoms with Crippen molar-refractivity contribution >= 4 is 17.7 Å². The molecule has 3 aromatic rings. The highest BCUT2D eigenvalue weighted by molar-refractivity contribution is 8.00. The smallest absolute Gasteiger partial charge is 0.236 e. The first kappa shape index (κ1) is 19.5. The molecule has 0 radical (unpaired) electrons. The number of benzene rings is 2. The molecular formula is C22H25N5OS. The Hall–Kier alpha value is -2.80. The highest BCUT2D eigenvalue weighted by Gasteiger charge is 2.37. The lowest BCUT2D eigenvalue weighted by Crippen LogP contribution is -2.44. The van der Waals surface area contributed by atoms with Crippen LogP contribution in [0, 0.1) is 6.92 Å². The molecule has 7 heteroatoms. The second kappa shape index (κ2) is 8.69. The first-order valence-corrected chi connectivity index (χ1v) is 10.8. The maximum absolute atomic E-state index is 13.0. The monoisotopic (exact) mass is 407 g/mol. The standard InChI is InChI=1S/C22H25N5OS/c1-3-4-14-23-21(28)19-18(16-12-10-15(2)11-13-16)26-27-20(24-25-22(27)29-19)17-8-6-5-7-9-17/h5-13,18-19,26H,3-4,14H2,1-2H3,(H,23,28)/t18-,19-/m1/s1.